The zero-order valence-electron chi connectivity index (χ0n) is 11.1. The largest absolute Gasteiger partial charge is 0.488 e. The monoisotopic (exact) mass is 280 g/mol. The van der Waals surface area contributed by atoms with E-state index in [2.05, 4.69) is 4.98 Å². The van der Waals surface area contributed by atoms with Crippen LogP contribution in [0.5, 0.6) is 5.75 Å². The molecule has 0 atom stereocenters. The maximum absolute atomic E-state index is 10.6. The summed E-state index contributed by atoms with van der Waals surface area (Å²) in [5.74, 6) is -0.442. The summed E-state index contributed by atoms with van der Waals surface area (Å²) in [6.07, 6.45) is 4.08. The molecule has 2 aromatic rings. The number of nitrogens with zero attached hydrogens (tertiary/aromatic N) is 2. The molecule has 1 heterocycles. The normalized spacial score (nSPS) is 10.2. The van der Waals surface area contributed by atoms with Gasteiger partial charge in [0.05, 0.1) is 0 Å². The number of aliphatic carboxylic acids is 1. The van der Waals surface area contributed by atoms with E-state index in [9.17, 15) is 4.79 Å². The van der Waals surface area contributed by atoms with Gasteiger partial charge in [0, 0.05) is 17.8 Å². The fourth-order valence-corrected chi connectivity index (χ4v) is 1.70. The second kappa shape index (κ2) is 6.87. The Morgan fingerprint density at radius 3 is 2.95 bits per heavy atom. The highest BCUT2D eigenvalue weighted by molar-refractivity contribution is 5.85. The van der Waals surface area contributed by atoms with Crippen molar-refractivity contribution in [2.75, 3.05) is 0 Å². The van der Waals surface area contributed by atoms with E-state index in [0.29, 0.717) is 17.0 Å². The van der Waals surface area contributed by atoms with Gasteiger partial charge in [-0.1, -0.05) is 18.2 Å². The third-order valence-electron chi connectivity index (χ3n) is 2.66. The van der Waals surface area contributed by atoms with Gasteiger partial charge < -0.3 is 9.84 Å². The number of carboxylic acid groups (broad SMARTS) is 1. The third kappa shape index (κ3) is 4.18. The summed E-state index contributed by atoms with van der Waals surface area (Å²) in [4.78, 5) is 14.5. The van der Waals surface area contributed by atoms with Crippen molar-refractivity contribution in [3.63, 3.8) is 0 Å². The minimum absolute atomic E-state index is 0.273. The molecule has 0 fully saturated rings. The van der Waals surface area contributed by atoms with Crippen molar-refractivity contribution >= 4 is 12.0 Å². The highest BCUT2D eigenvalue weighted by Crippen LogP contribution is 2.20. The lowest BCUT2D eigenvalue weighted by atomic mass is 10.2. The van der Waals surface area contributed by atoms with Gasteiger partial charge >= 0.3 is 5.97 Å². The zero-order chi connectivity index (χ0) is 15.1. The number of nitriles is 1. The van der Waals surface area contributed by atoms with Crippen LogP contribution in [0.15, 0.2) is 48.7 Å². The molecule has 104 valence electrons. The van der Waals surface area contributed by atoms with Gasteiger partial charge in [0.15, 0.2) is 0 Å². The van der Waals surface area contributed by atoms with Gasteiger partial charge in [0.2, 0.25) is 0 Å². The minimum atomic E-state index is -1.02. The van der Waals surface area contributed by atoms with Gasteiger partial charge in [-0.3, -0.25) is 0 Å². The lowest BCUT2D eigenvalue weighted by Gasteiger charge is -2.09. The van der Waals surface area contributed by atoms with Gasteiger partial charge in [-0.2, -0.15) is 5.26 Å². The van der Waals surface area contributed by atoms with Crippen LogP contribution in [-0.2, 0) is 11.4 Å². The quantitative estimate of drug-likeness (QED) is 0.851. The highest BCUT2D eigenvalue weighted by atomic mass is 16.5. The number of carbonyl (C=O) groups is 1. The van der Waals surface area contributed by atoms with E-state index in [0.717, 1.165) is 11.6 Å². The summed E-state index contributed by atoms with van der Waals surface area (Å²) >= 11 is 0. The maximum atomic E-state index is 10.6. The zero-order valence-corrected chi connectivity index (χ0v) is 11.1. The number of benzene rings is 1. The van der Waals surface area contributed by atoms with Gasteiger partial charge in [-0.15, -0.1) is 0 Å². The summed E-state index contributed by atoms with van der Waals surface area (Å²) in [6.45, 7) is 0.273. The SMILES string of the molecule is N#Cc1cc(COc2ccccc2C=CC(=O)O)ccn1. The van der Waals surface area contributed by atoms with Crippen LogP contribution in [0.25, 0.3) is 6.08 Å². The molecule has 0 aliphatic rings. The van der Waals surface area contributed by atoms with Crippen LogP contribution < -0.4 is 4.74 Å². The second-order valence-electron chi connectivity index (χ2n) is 4.16. The van der Waals surface area contributed by atoms with Crippen LogP contribution in [0.4, 0.5) is 0 Å². The van der Waals surface area contributed by atoms with Crippen molar-refractivity contribution in [2.24, 2.45) is 0 Å². The Morgan fingerprint density at radius 1 is 1.38 bits per heavy atom. The van der Waals surface area contributed by atoms with Gasteiger partial charge in [0.1, 0.15) is 24.1 Å². The summed E-state index contributed by atoms with van der Waals surface area (Å²) < 4.78 is 5.67. The van der Waals surface area contributed by atoms with Crippen LogP contribution >= 0.6 is 0 Å². The Labute approximate surface area is 121 Å². The molecular formula is C16H12N2O3. The van der Waals surface area contributed by atoms with Gasteiger partial charge in [-0.05, 0) is 29.8 Å². The average Bonchev–Trinajstić information content (AvgIpc) is 2.52. The first kappa shape index (κ1) is 14.3. The fraction of sp³-hybridized carbons (Fsp3) is 0.0625. The lowest BCUT2D eigenvalue weighted by Crippen LogP contribution is -1.98. The van der Waals surface area contributed by atoms with Crippen molar-refractivity contribution < 1.29 is 14.6 Å². The predicted octanol–water partition coefficient (Wildman–Crippen LogP) is 2.63. The Balaban J connectivity index is 2.13. The van der Waals surface area contributed by atoms with E-state index in [1.54, 1.807) is 42.6 Å². The second-order valence-corrected chi connectivity index (χ2v) is 4.16. The molecule has 0 radical (unpaired) electrons. The summed E-state index contributed by atoms with van der Waals surface area (Å²) in [7, 11) is 0. The van der Waals surface area contributed by atoms with Crippen molar-refractivity contribution in [3.8, 4) is 11.8 Å². The van der Waals surface area contributed by atoms with Crippen molar-refractivity contribution in [2.45, 2.75) is 6.61 Å². The number of pyridine rings is 1. The van der Waals surface area contributed by atoms with E-state index in [1.807, 2.05) is 6.07 Å². The van der Waals surface area contributed by atoms with Crippen molar-refractivity contribution in [1.29, 1.82) is 5.26 Å². The molecule has 5 nitrogen and oxygen atoms in total. The molecule has 0 bridgehead atoms. The topological polar surface area (TPSA) is 83.2 Å². The Hall–Kier alpha value is -3.13. The first-order valence-electron chi connectivity index (χ1n) is 6.17. The Bertz CT molecular complexity index is 717. The number of para-hydroxylation sites is 1. The fourth-order valence-electron chi connectivity index (χ4n) is 1.70. The van der Waals surface area contributed by atoms with Crippen molar-refractivity contribution in [1.82, 2.24) is 4.98 Å². The number of carboxylic acids is 1. The van der Waals surface area contributed by atoms with E-state index in [4.69, 9.17) is 15.1 Å². The molecule has 21 heavy (non-hydrogen) atoms. The number of rotatable bonds is 5. The van der Waals surface area contributed by atoms with E-state index < -0.39 is 5.97 Å². The van der Waals surface area contributed by atoms with Crippen LogP contribution in [0, 0.1) is 11.3 Å². The molecule has 0 aliphatic heterocycles. The summed E-state index contributed by atoms with van der Waals surface area (Å²) in [5.41, 5.74) is 1.82. The maximum Gasteiger partial charge on any atom is 0.328 e. The van der Waals surface area contributed by atoms with Crippen LogP contribution in [-0.4, -0.2) is 16.1 Å². The molecule has 0 unspecified atom stereocenters. The number of hydrogen-bond acceptors (Lipinski definition) is 4. The molecule has 2 rings (SSSR count). The summed E-state index contributed by atoms with van der Waals surface area (Å²) in [5, 5.41) is 17.5. The molecule has 0 amide bonds. The summed E-state index contributed by atoms with van der Waals surface area (Å²) in [6, 6.07) is 12.5. The van der Waals surface area contributed by atoms with Crippen LogP contribution in [0.2, 0.25) is 0 Å². The minimum Gasteiger partial charge on any atom is -0.488 e. The average molecular weight is 280 g/mol. The number of aromatic nitrogens is 1. The van der Waals surface area contributed by atoms with E-state index in [-0.39, 0.29) is 6.61 Å². The predicted molar refractivity (Wildman–Crippen MR) is 76.4 cm³/mol. The highest BCUT2D eigenvalue weighted by Gasteiger charge is 2.02. The molecule has 1 aromatic heterocycles. The van der Waals surface area contributed by atoms with E-state index in [1.165, 1.54) is 6.08 Å². The van der Waals surface area contributed by atoms with Crippen molar-refractivity contribution in [3.05, 3.63) is 65.5 Å². The standard InChI is InChI=1S/C16H12N2O3/c17-10-14-9-12(7-8-18-14)11-21-15-4-2-1-3-13(15)5-6-16(19)20/h1-9H,11H2,(H,19,20). The lowest BCUT2D eigenvalue weighted by molar-refractivity contribution is -0.131. The molecule has 0 saturated carbocycles. The van der Waals surface area contributed by atoms with Gasteiger partial charge in [0.25, 0.3) is 0 Å². The number of hydrogen-bond donors (Lipinski definition) is 1. The Kier molecular flexibility index (Phi) is 4.67. The van der Waals surface area contributed by atoms with Crippen LogP contribution in [0.3, 0.4) is 0 Å². The smallest absolute Gasteiger partial charge is 0.328 e. The molecule has 0 aliphatic carbocycles. The molecule has 1 aromatic carbocycles. The van der Waals surface area contributed by atoms with Crippen LogP contribution in [0.1, 0.15) is 16.8 Å². The van der Waals surface area contributed by atoms with Gasteiger partial charge in [-0.25, -0.2) is 9.78 Å². The molecule has 1 N–H and O–H groups in total. The Morgan fingerprint density at radius 2 is 2.19 bits per heavy atom. The molecular weight excluding hydrogens is 268 g/mol. The molecule has 0 spiro atoms. The first-order valence-corrected chi connectivity index (χ1v) is 6.17. The molecule has 0 saturated heterocycles. The van der Waals surface area contributed by atoms with E-state index >= 15 is 0 Å². The first-order chi connectivity index (χ1) is 10.2. The number of ether oxygens (including phenoxy) is 1. The third-order valence-corrected chi connectivity index (χ3v) is 2.66. The molecule has 5 heteroatoms.